The summed E-state index contributed by atoms with van der Waals surface area (Å²) in [6.07, 6.45) is 6.19. The minimum absolute atomic E-state index is 0.101. The van der Waals surface area contributed by atoms with E-state index in [0.29, 0.717) is 41.7 Å². The van der Waals surface area contributed by atoms with Gasteiger partial charge in [0.15, 0.2) is 10.4 Å². The number of H-pyrrole nitrogens is 1. The Hall–Kier alpha value is -1.96. The summed E-state index contributed by atoms with van der Waals surface area (Å²) < 4.78 is 4.18. The lowest BCUT2D eigenvalue weighted by molar-refractivity contribution is -0.156. The number of fused-ring (bicyclic) bond motifs is 4. The molecule has 0 radical (unpaired) electrons. The van der Waals surface area contributed by atoms with E-state index in [1.807, 2.05) is 11.5 Å². The number of aromatic nitrogens is 4. The van der Waals surface area contributed by atoms with E-state index in [1.54, 1.807) is 4.57 Å². The summed E-state index contributed by atoms with van der Waals surface area (Å²) in [5.41, 5.74) is 0.368. The zero-order valence-corrected chi connectivity index (χ0v) is 17.4. The van der Waals surface area contributed by atoms with E-state index in [2.05, 4.69) is 11.9 Å². The Balaban J connectivity index is 1.84. The van der Waals surface area contributed by atoms with Gasteiger partial charge in [0.2, 0.25) is 0 Å². The highest BCUT2D eigenvalue weighted by Crippen LogP contribution is 2.57. The van der Waals surface area contributed by atoms with Gasteiger partial charge in [-0.25, -0.2) is 4.98 Å². The van der Waals surface area contributed by atoms with E-state index in [4.69, 9.17) is 17.2 Å². The van der Waals surface area contributed by atoms with E-state index in [1.165, 1.54) is 0 Å². The van der Waals surface area contributed by atoms with Crippen LogP contribution in [-0.2, 0) is 23.3 Å². The molecule has 0 amide bonds. The third-order valence-electron chi connectivity index (χ3n) is 6.96. The Bertz CT molecular complexity index is 1020. The maximum atomic E-state index is 13.1. The van der Waals surface area contributed by atoms with Gasteiger partial charge in [0.05, 0.1) is 5.41 Å². The Morgan fingerprint density at radius 1 is 1.11 bits per heavy atom. The molecule has 3 aliphatic carbocycles. The highest BCUT2D eigenvalue weighted by molar-refractivity contribution is 7.71. The number of aryl methyl sites for hydroxylation is 1. The van der Waals surface area contributed by atoms with Crippen LogP contribution in [0.15, 0.2) is 4.79 Å². The van der Waals surface area contributed by atoms with Crippen molar-refractivity contribution in [3.05, 3.63) is 20.9 Å². The van der Waals surface area contributed by atoms with E-state index in [9.17, 15) is 14.7 Å². The van der Waals surface area contributed by atoms with Crippen LogP contribution in [0.25, 0.3) is 11.2 Å². The molecule has 2 N–H and O–H groups in total. The number of hydrogen-bond acceptors (Lipinski definition) is 4. The van der Waals surface area contributed by atoms with Crippen LogP contribution in [0, 0.1) is 10.2 Å². The molecule has 3 saturated carbocycles. The predicted octanol–water partition coefficient (Wildman–Crippen LogP) is 3.75. The summed E-state index contributed by atoms with van der Waals surface area (Å²) in [5.74, 6) is 0.177. The standard InChI is InChI=1S/C20H28N4O3S/c1-3-11-23-14-13(15(25)24(12-4-2)18(23)28)21-16(22-14)19-5-8-20(9-6-19,10-7-19)17(26)27/h3-12H2,1-2H3,(H,21,22)(H,26,27). The summed E-state index contributed by atoms with van der Waals surface area (Å²) in [6.45, 7) is 5.44. The first-order valence-electron chi connectivity index (χ1n) is 10.3. The van der Waals surface area contributed by atoms with E-state index in [0.717, 1.165) is 44.5 Å². The van der Waals surface area contributed by atoms with Gasteiger partial charge in [0.25, 0.3) is 5.56 Å². The first kappa shape index (κ1) is 19.4. The third kappa shape index (κ3) is 2.68. The summed E-state index contributed by atoms with van der Waals surface area (Å²) >= 11 is 5.62. The molecular weight excluding hydrogens is 376 g/mol. The number of carboxylic acids is 1. The van der Waals surface area contributed by atoms with Crippen molar-refractivity contribution in [1.82, 2.24) is 19.1 Å². The minimum atomic E-state index is -0.663. The van der Waals surface area contributed by atoms with Crippen LogP contribution in [0.1, 0.15) is 71.0 Å². The molecule has 0 unspecified atom stereocenters. The largest absolute Gasteiger partial charge is 0.481 e. The minimum Gasteiger partial charge on any atom is -0.481 e. The van der Waals surface area contributed by atoms with Crippen molar-refractivity contribution in [3.8, 4) is 0 Å². The fraction of sp³-hybridized carbons (Fsp3) is 0.700. The normalized spacial score (nSPS) is 26.8. The number of imidazole rings is 1. The highest BCUT2D eigenvalue weighted by atomic mass is 32.1. The Kier molecular flexibility index (Phi) is 4.72. The lowest BCUT2D eigenvalue weighted by atomic mass is 9.53. The van der Waals surface area contributed by atoms with E-state index < -0.39 is 11.4 Å². The zero-order valence-electron chi connectivity index (χ0n) is 16.6. The smallest absolute Gasteiger partial charge is 0.309 e. The molecule has 2 bridgehead atoms. The van der Waals surface area contributed by atoms with Gasteiger partial charge in [0, 0.05) is 18.5 Å². The van der Waals surface area contributed by atoms with Gasteiger partial charge >= 0.3 is 5.97 Å². The third-order valence-corrected chi connectivity index (χ3v) is 7.40. The first-order valence-corrected chi connectivity index (χ1v) is 10.8. The van der Waals surface area contributed by atoms with Crippen molar-refractivity contribution in [3.63, 3.8) is 0 Å². The van der Waals surface area contributed by atoms with Crippen LogP contribution in [0.3, 0.4) is 0 Å². The highest BCUT2D eigenvalue weighted by Gasteiger charge is 2.54. The van der Waals surface area contributed by atoms with Crippen molar-refractivity contribution < 1.29 is 9.90 Å². The number of nitrogens with zero attached hydrogens (tertiary/aromatic N) is 3. The van der Waals surface area contributed by atoms with Gasteiger partial charge in [-0.3, -0.25) is 14.2 Å². The fourth-order valence-corrected chi connectivity index (χ4v) is 5.48. The molecule has 0 spiro atoms. The van der Waals surface area contributed by atoms with Crippen molar-refractivity contribution in [2.45, 2.75) is 83.7 Å². The quantitative estimate of drug-likeness (QED) is 0.715. The molecule has 0 atom stereocenters. The maximum absolute atomic E-state index is 13.1. The molecule has 2 heterocycles. The molecule has 0 aromatic carbocycles. The molecule has 8 heteroatoms. The molecule has 3 aliphatic rings. The average Bonchev–Trinajstić information content (AvgIpc) is 3.16. The Morgan fingerprint density at radius 3 is 2.21 bits per heavy atom. The lowest BCUT2D eigenvalue weighted by Gasteiger charge is -2.50. The van der Waals surface area contributed by atoms with Crippen LogP contribution < -0.4 is 5.56 Å². The van der Waals surface area contributed by atoms with E-state index >= 15 is 0 Å². The van der Waals surface area contributed by atoms with Gasteiger partial charge in [-0.15, -0.1) is 0 Å². The van der Waals surface area contributed by atoms with Crippen LogP contribution in [0.4, 0.5) is 0 Å². The number of aromatic amines is 1. The number of rotatable bonds is 6. The zero-order chi connectivity index (χ0) is 20.1. The van der Waals surface area contributed by atoms with Crippen LogP contribution >= 0.6 is 12.2 Å². The van der Waals surface area contributed by atoms with Gasteiger partial charge in [-0.1, -0.05) is 13.8 Å². The summed E-state index contributed by atoms with van der Waals surface area (Å²) in [7, 11) is 0. The molecule has 0 aliphatic heterocycles. The second kappa shape index (κ2) is 6.83. The number of nitrogens with one attached hydrogen (secondary N) is 1. The molecule has 5 rings (SSSR count). The van der Waals surface area contributed by atoms with Gasteiger partial charge < -0.3 is 14.7 Å². The average molecular weight is 405 g/mol. The van der Waals surface area contributed by atoms with Crippen molar-refractivity contribution in [2.75, 3.05) is 0 Å². The molecule has 7 nitrogen and oxygen atoms in total. The van der Waals surface area contributed by atoms with Crippen molar-refractivity contribution in [2.24, 2.45) is 5.41 Å². The van der Waals surface area contributed by atoms with Gasteiger partial charge in [-0.2, -0.15) is 0 Å². The maximum Gasteiger partial charge on any atom is 0.309 e. The number of carboxylic acid groups (broad SMARTS) is 1. The molecular formula is C20H28N4O3S. The van der Waals surface area contributed by atoms with Crippen LogP contribution in [0.2, 0.25) is 0 Å². The summed E-state index contributed by atoms with van der Waals surface area (Å²) in [4.78, 5) is 33.0. The Morgan fingerprint density at radius 2 is 1.68 bits per heavy atom. The Labute approximate surface area is 168 Å². The monoisotopic (exact) mass is 404 g/mol. The van der Waals surface area contributed by atoms with Gasteiger partial charge in [0.1, 0.15) is 11.3 Å². The molecule has 28 heavy (non-hydrogen) atoms. The van der Waals surface area contributed by atoms with E-state index in [-0.39, 0.29) is 11.0 Å². The summed E-state index contributed by atoms with van der Waals surface area (Å²) in [5, 5.41) is 9.64. The summed E-state index contributed by atoms with van der Waals surface area (Å²) in [6, 6.07) is 0. The van der Waals surface area contributed by atoms with Gasteiger partial charge in [-0.05, 0) is 63.6 Å². The number of hydrogen-bond donors (Lipinski definition) is 2. The van der Waals surface area contributed by atoms with Crippen molar-refractivity contribution >= 4 is 29.4 Å². The molecule has 0 saturated heterocycles. The second-order valence-corrected chi connectivity index (χ2v) is 8.91. The fourth-order valence-electron chi connectivity index (χ4n) is 5.13. The molecule has 152 valence electrons. The lowest BCUT2D eigenvalue weighted by Crippen LogP contribution is -2.48. The van der Waals surface area contributed by atoms with Crippen LogP contribution in [0.5, 0.6) is 0 Å². The first-order chi connectivity index (χ1) is 13.4. The van der Waals surface area contributed by atoms with Crippen LogP contribution in [-0.4, -0.2) is 30.2 Å². The predicted molar refractivity (Wildman–Crippen MR) is 109 cm³/mol. The molecule has 2 aromatic rings. The van der Waals surface area contributed by atoms with Crippen molar-refractivity contribution in [1.29, 1.82) is 0 Å². The molecule has 2 aromatic heterocycles. The topological polar surface area (TPSA) is 92.9 Å². The SMILES string of the molecule is CCCn1c(=O)c2[nH]c(C34CCC(C(=O)O)(CC3)CC4)nc2n(CCC)c1=S. The second-order valence-electron chi connectivity index (χ2n) is 8.54. The number of aliphatic carboxylic acids is 1. The number of carbonyl (C=O) groups is 1. The molecule has 3 fully saturated rings.